The summed E-state index contributed by atoms with van der Waals surface area (Å²) in [6, 6.07) is 2.83. The number of benzene rings is 1. The molecule has 114 valence electrons. The lowest BCUT2D eigenvalue weighted by molar-refractivity contribution is 0.0799. The van der Waals surface area contributed by atoms with Crippen LogP contribution in [0.5, 0.6) is 0 Å². The maximum absolute atomic E-state index is 12.2. The average molecular weight is 341 g/mol. The van der Waals surface area contributed by atoms with Crippen molar-refractivity contribution in [1.29, 1.82) is 0 Å². The topological polar surface area (TPSA) is 81.4 Å². The van der Waals surface area contributed by atoms with E-state index in [1.54, 1.807) is 6.92 Å². The van der Waals surface area contributed by atoms with E-state index < -0.39 is 10.0 Å². The Morgan fingerprint density at radius 2 is 2.05 bits per heavy atom. The molecule has 1 atom stereocenters. The van der Waals surface area contributed by atoms with Crippen LogP contribution in [0.4, 0.5) is 0 Å². The van der Waals surface area contributed by atoms with Gasteiger partial charge in [-0.05, 0) is 26.0 Å². The van der Waals surface area contributed by atoms with Gasteiger partial charge >= 0.3 is 0 Å². The van der Waals surface area contributed by atoms with E-state index in [2.05, 4.69) is 4.72 Å². The molecule has 0 fully saturated rings. The van der Waals surface area contributed by atoms with Gasteiger partial charge in [0.05, 0.1) is 11.1 Å². The fourth-order valence-corrected chi connectivity index (χ4v) is 3.66. The maximum atomic E-state index is 12.2. The molecule has 0 heterocycles. The zero-order chi connectivity index (χ0) is 15.3. The van der Waals surface area contributed by atoms with Crippen LogP contribution in [0.15, 0.2) is 17.0 Å². The third-order valence-electron chi connectivity index (χ3n) is 2.66. The molecule has 1 unspecified atom stereocenters. The lowest BCUT2D eigenvalue weighted by atomic mass is 10.2. The van der Waals surface area contributed by atoms with E-state index in [-0.39, 0.29) is 29.1 Å². The summed E-state index contributed by atoms with van der Waals surface area (Å²) in [4.78, 5) is -0.0345. The van der Waals surface area contributed by atoms with Gasteiger partial charge in [0.25, 0.3) is 0 Å². The fraction of sp³-hybridized carbons (Fsp3) is 0.500. The average Bonchev–Trinajstić information content (AvgIpc) is 2.37. The number of rotatable bonds is 7. The van der Waals surface area contributed by atoms with Gasteiger partial charge in [-0.1, -0.05) is 23.2 Å². The molecule has 0 aliphatic heterocycles. The molecule has 0 saturated heterocycles. The highest BCUT2D eigenvalue weighted by atomic mass is 35.5. The van der Waals surface area contributed by atoms with Crippen molar-refractivity contribution in [2.75, 3.05) is 13.2 Å². The Morgan fingerprint density at radius 1 is 1.40 bits per heavy atom. The van der Waals surface area contributed by atoms with Crippen molar-refractivity contribution in [2.24, 2.45) is 5.73 Å². The number of halogens is 2. The molecular formula is C12H18Cl2N2O3S. The standard InChI is InChI=1S/C12H18Cl2N2O3S/c1-3-19-8(2)7-16-20(17,18)11-5-4-10(13)9(6-15)12(11)14/h4-5,8,16H,3,6-7,15H2,1-2H3. The van der Waals surface area contributed by atoms with Gasteiger partial charge in [-0.15, -0.1) is 0 Å². The number of hydrogen-bond donors (Lipinski definition) is 2. The highest BCUT2D eigenvalue weighted by Crippen LogP contribution is 2.30. The Morgan fingerprint density at radius 3 is 2.60 bits per heavy atom. The van der Waals surface area contributed by atoms with E-state index in [1.165, 1.54) is 12.1 Å². The first-order valence-electron chi connectivity index (χ1n) is 6.11. The highest BCUT2D eigenvalue weighted by Gasteiger charge is 2.21. The predicted molar refractivity (Wildman–Crippen MR) is 80.6 cm³/mol. The Bertz CT molecular complexity index is 564. The van der Waals surface area contributed by atoms with Crippen LogP contribution in [-0.2, 0) is 21.3 Å². The molecule has 1 aromatic rings. The molecule has 0 amide bonds. The van der Waals surface area contributed by atoms with Crippen LogP contribution in [-0.4, -0.2) is 27.7 Å². The van der Waals surface area contributed by atoms with Crippen LogP contribution < -0.4 is 10.5 Å². The molecular weight excluding hydrogens is 323 g/mol. The molecule has 20 heavy (non-hydrogen) atoms. The quantitative estimate of drug-likeness (QED) is 0.796. The first-order valence-corrected chi connectivity index (χ1v) is 8.35. The summed E-state index contributed by atoms with van der Waals surface area (Å²) < 4.78 is 32.1. The van der Waals surface area contributed by atoms with E-state index in [0.29, 0.717) is 17.2 Å². The number of sulfonamides is 1. The minimum atomic E-state index is -3.73. The molecule has 0 aromatic heterocycles. The summed E-state index contributed by atoms with van der Waals surface area (Å²) >= 11 is 12.0. The summed E-state index contributed by atoms with van der Waals surface area (Å²) in [5.74, 6) is 0. The van der Waals surface area contributed by atoms with Gasteiger partial charge < -0.3 is 10.5 Å². The SMILES string of the molecule is CCOC(C)CNS(=O)(=O)c1ccc(Cl)c(CN)c1Cl. The van der Waals surface area contributed by atoms with Gasteiger partial charge in [0.2, 0.25) is 10.0 Å². The van der Waals surface area contributed by atoms with Gasteiger partial charge in [0.1, 0.15) is 4.90 Å². The molecule has 0 aliphatic carbocycles. The summed E-state index contributed by atoms with van der Waals surface area (Å²) in [6.45, 7) is 4.36. The van der Waals surface area contributed by atoms with Crippen LogP contribution >= 0.6 is 23.2 Å². The van der Waals surface area contributed by atoms with Crippen LogP contribution in [0.2, 0.25) is 10.0 Å². The second kappa shape index (κ2) is 7.59. The minimum Gasteiger partial charge on any atom is -0.377 e. The summed E-state index contributed by atoms with van der Waals surface area (Å²) in [5.41, 5.74) is 5.93. The smallest absolute Gasteiger partial charge is 0.242 e. The van der Waals surface area contributed by atoms with Gasteiger partial charge in [-0.3, -0.25) is 0 Å². The number of hydrogen-bond acceptors (Lipinski definition) is 4. The van der Waals surface area contributed by atoms with Crippen molar-refractivity contribution in [3.05, 3.63) is 27.7 Å². The normalized spacial score (nSPS) is 13.4. The van der Waals surface area contributed by atoms with Gasteiger partial charge in [0, 0.05) is 30.3 Å². The van der Waals surface area contributed by atoms with Crippen LogP contribution in [0.3, 0.4) is 0 Å². The molecule has 5 nitrogen and oxygen atoms in total. The lowest BCUT2D eigenvalue weighted by Gasteiger charge is -2.15. The van der Waals surface area contributed by atoms with E-state index in [0.717, 1.165) is 0 Å². The molecule has 8 heteroatoms. The highest BCUT2D eigenvalue weighted by molar-refractivity contribution is 7.89. The third kappa shape index (κ3) is 4.31. The van der Waals surface area contributed by atoms with Crippen molar-refractivity contribution in [3.8, 4) is 0 Å². The fourth-order valence-electron chi connectivity index (χ4n) is 1.62. The second-order valence-electron chi connectivity index (χ2n) is 4.16. The summed E-state index contributed by atoms with van der Waals surface area (Å²) in [7, 11) is -3.73. The van der Waals surface area contributed by atoms with E-state index >= 15 is 0 Å². The van der Waals surface area contributed by atoms with Crippen molar-refractivity contribution < 1.29 is 13.2 Å². The lowest BCUT2D eigenvalue weighted by Crippen LogP contribution is -2.32. The van der Waals surface area contributed by atoms with E-state index in [4.69, 9.17) is 33.7 Å². The molecule has 0 aliphatic rings. The number of nitrogens with two attached hydrogens (primary N) is 1. The van der Waals surface area contributed by atoms with Gasteiger partial charge in [-0.25, -0.2) is 13.1 Å². The van der Waals surface area contributed by atoms with Crippen molar-refractivity contribution in [3.63, 3.8) is 0 Å². The first kappa shape index (κ1) is 17.7. The van der Waals surface area contributed by atoms with Crippen molar-refractivity contribution in [2.45, 2.75) is 31.4 Å². The molecule has 3 N–H and O–H groups in total. The number of ether oxygens (including phenoxy) is 1. The maximum Gasteiger partial charge on any atom is 0.242 e. The Kier molecular flexibility index (Phi) is 6.71. The van der Waals surface area contributed by atoms with E-state index in [9.17, 15) is 8.42 Å². The molecule has 0 bridgehead atoms. The van der Waals surface area contributed by atoms with Crippen LogP contribution in [0, 0.1) is 0 Å². The Hall–Kier alpha value is -0.370. The monoisotopic (exact) mass is 340 g/mol. The minimum absolute atomic E-state index is 0.0345. The predicted octanol–water partition coefficient (Wildman–Crippen LogP) is 2.16. The molecule has 1 rings (SSSR count). The zero-order valence-electron chi connectivity index (χ0n) is 11.3. The van der Waals surface area contributed by atoms with E-state index in [1.807, 2.05) is 6.92 Å². The molecule has 0 radical (unpaired) electrons. The van der Waals surface area contributed by atoms with Crippen LogP contribution in [0.25, 0.3) is 0 Å². The van der Waals surface area contributed by atoms with Gasteiger partial charge in [-0.2, -0.15) is 0 Å². The number of nitrogens with one attached hydrogen (secondary N) is 1. The first-order chi connectivity index (χ1) is 9.33. The van der Waals surface area contributed by atoms with Gasteiger partial charge in [0.15, 0.2) is 0 Å². The molecule has 0 saturated carbocycles. The Labute approximate surface area is 129 Å². The summed E-state index contributed by atoms with van der Waals surface area (Å²) in [5, 5.41) is 0.399. The Balaban J connectivity index is 2.99. The van der Waals surface area contributed by atoms with Crippen LogP contribution in [0.1, 0.15) is 19.4 Å². The molecule has 0 spiro atoms. The third-order valence-corrected chi connectivity index (χ3v) is 5.02. The second-order valence-corrected chi connectivity index (χ2v) is 6.68. The van der Waals surface area contributed by atoms with Crippen molar-refractivity contribution in [1.82, 2.24) is 4.72 Å². The summed E-state index contributed by atoms with van der Waals surface area (Å²) in [6.07, 6.45) is -0.227. The zero-order valence-corrected chi connectivity index (χ0v) is 13.6. The molecule has 1 aromatic carbocycles. The largest absolute Gasteiger partial charge is 0.377 e. The van der Waals surface area contributed by atoms with Crippen molar-refractivity contribution >= 4 is 33.2 Å².